The molecule has 2 aromatic carbocycles. The van der Waals surface area contributed by atoms with Gasteiger partial charge in [0.05, 0.1) is 11.7 Å². The van der Waals surface area contributed by atoms with E-state index in [-0.39, 0.29) is 18.6 Å². The van der Waals surface area contributed by atoms with Gasteiger partial charge in [-0.05, 0) is 48.7 Å². The van der Waals surface area contributed by atoms with Crippen LogP contribution in [0.4, 0.5) is 13.2 Å². The summed E-state index contributed by atoms with van der Waals surface area (Å²) in [7, 11) is 0. The highest BCUT2D eigenvalue weighted by Gasteiger charge is 2.30. The molecule has 0 radical (unpaired) electrons. The van der Waals surface area contributed by atoms with E-state index in [1.165, 1.54) is 12.1 Å². The molecule has 27 heavy (non-hydrogen) atoms. The van der Waals surface area contributed by atoms with E-state index in [0.717, 1.165) is 31.6 Å². The van der Waals surface area contributed by atoms with Gasteiger partial charge >= 0.3 is 6.18 Å². The molecule has 1 amide bonds. The van der Waals surface area contributed by atoms with Crippen LogP contribution in [0, 0.1) is 0 Å². The van der Waals surface area contributed by atoms with Gasteiger partial charge in [0.25, 0.3) is 5.91 Å². The molecule has 0 aromatic heterocycles. The third kappa shape index (κ3) is 5.47. The average molecular weight is 379 g/mol. The fourth-order valence-electron chi connectivity index (χ4n) is 2.83. The smallest absolute Gasteiger partial charge is 0.416 e. The number of amides is 1. The zero-order valence-corrected chi connectivity index (χ0v) is 14.6. The van der Waals surface area contributed by atoms with E-state index < -0.39 is 11.7 Å². The van der Waals surface area contributed by atoms with Gasteiger partial charge in [-0.25, -0.2) is 0 Å². The second-order valence-corrected chi connectivity index (χ2v) is 6.35. The van der Waals surface area contributed by atoms with Crippen molar-refractivity contribution in [2.75, 3.05) is 13.2 Å². The lowest BCUT2D eigenvalue weighted by Gasteiger charge is -2.12. The number of carbonyl (C=O) groups excluding carboxylic acids is 1. The maximum atomic E-state index is 12.8. The molecule has 7 heteroatoms. The lowest BCUT2D eigenvalue weighted by molar-refractivity contribution is -0.137. The summed E-state index contributed by atoms with van der Waals surface area (Å²) in [5.74, 6) is 0.173. The molecule has 1 unspecified atom stereocenters. The molecule has 0 aliphatic carbocycles. The van der Waals surface area contributed by atoms with Crippen molar-refractivity contribution < 1.29 is 27.4 Å². The van der Waals surface area contributed by atoms with E-state index in [2.05, 4.69) is 5.32 Å². The Kier molecular flexibility index (Phi) is 6.01. The number of halogens is 3. The Balaban J connectivity index is 1.57. The summed E-state index contributed by atoms with van der Waals surface area (Å²) in [5.41, 5.74) is 0.0227. The van der Waals surface area contributed by atoms with Crippen molar-refractivity contribution >= 4 is 5.91 Å². The number of rotatable bonds is 6. The van der Waals surface area contributed by atoms with Gasteiger partial charge in [0, 0.05) is 18.7 Å². The summed E-state index contributed by atoms with van der Waals surface area (Å²) in [6, 6.07) is 11.6. The topological polar surface area (TPSA) is 47.6 Å². The van der Waals surface area contributed by atoms with Crippen molar-refractivity contribution in [2.45, 2.75) is 31.7 Å². The summed E-state index contributed by atoms with van der Waals surface area (Å²) in [5, 5.41) is 2.63. The third-order valence-corrected chi connectivity index (χ3v) is 4.26. The lowest BCUT2D eigenvalue weighted by atomic mass is 10.1. The molecule has 1 atom stereocenters. The largest absolute Gasteiger partial charge is 0.491 e. The fraction of sp³-hybridized carbons (Fsp3) is 0.350. The van der Waals surface area contributed by atoms with E-state index in [4.69, 9.17) is 9.47 Å². The number of benzene rings is 2. The van der Waals surface area contributed by atoms with Gasteiger partial charge in [0.15, 0.2) is 0 Å². The van der Waals surface area contributed by atoms with Gasteiger partial charge in [-0.3, -0.25) is 4.79 Å². The van der Waals surface area contributed by atoms with Crippen LogP contribution in [0.3, 0.4) is 0 Å². The molecule has 2 aromatic rings. The van der Waals surface area contributed by atoms with Crippen molar-refractivity contribution in [3.63, 3.8) is 0 Å². The van der Waals surface area contributed by atoms with E-state index >= 15 is 0 Å². The van der Waals surface area contributed by atoms with E-state index in [1.807, 2.05) is 0 Å². The Bertz CT molecular complexity index is 786. The summed E-state index contributed by atoms with van der Waals surface area (Å²) in [6.45, 7) is 1.17. The van der Waals surface area contributed by atoms with Crippen LogP contribution in [-0.2, 0) is 17.5 Å². The maximum absolute atomic E-state index is 12.8. The zero-order chi connectivity index (χ0) is 19.3. The standard InChI is InChI=1S/C20H20F3NO3/c21-20(22,23)16-6-1-4-14(10-16)12-24-19(25)15-5-2-7-17(11-15)27-13-18-8-3-9-26-18/h1-2,4-7,10-11,18H,3,8-9,12-13H2,(H,24,25). The summed E-state index contributed by atoms with van der Waals surface area (Å²) in [4.78, 5) is 12.3. The maximum Gasteiger partial charge on any atom is 0.416 e. The highest BCUT2D eigenvalue weighted by molar-refractivity contribution is 5.94. The van der Waals surface area contributed by atoms with Crippen LogP contribution < -0.4 is 10.1 Å². The van der Waals surface area contributed by atoms with Crippen LogP contribution >= 0.6 is 0 Å². The Hall–Kier alpha value is -2.54. The number of hydrogen-bond donors (Lipinski definition) is 1. The Morgan fingerprint density at radius 3 is 2.74 bits per heavy atom. The molecule has 3 rings (SSSR count). The molecule has 1 N–H and O–H groups in total. The number of alkyl halides is 3. The first-order valence-corrected chi connectivity index (χ1v) is 8.70. The van der Waals surface area contributed by atoms with Crippen molar-refractivity contribution in [2.24, 2.45) is 0 Å². The van der Waals surface area contributed by atoms with Gasteiger partial charge in [-0.2, -0.15) is 13.2 Å². The van der Waals surface area contributed by atoms with Crippen molar-refractivity contribution in [1.29, 1.82) is 0 Å². The van der Waals surface area contributed by atoms with Crippen LogP contribution in [0.15, 0.2) is 48.5 Å². The highest BCUT2D eigenvalue weighted by Crippen LogP contribution is 2.29. The van der Waals surface area contributed by atoms with Crippen LogP contribution in [0.2, 0.25) is 0 Å². The first-order chi connectivity index (χ1) is 12.9. The first kappa shape index (κ1) is 19.2. The van der Waals surface area contributed by atoms with Crippen molar-refractivity contribution in [3.8, 4) is 5.75 Å². The quantitative estimate of drug-likeness (QED) is 0.819. The number of carbonyl (C=O) groups is 1. The highest BCUT2D eigenvalue weighted by atomic mass is 19.4. The summed E-state index contributed by atoms with van der Waals surface area (Å²) >= 11 is 0. The fourth-order valence-corrected chi connectivity index (χ4v) is 2.83. The molecule has 1 fully saturated rings. The summed E-state index contributed by atoms with van der Waals surface area (Å²) < 4.78 is 49.4. The molecule has 1 aliphatic heterocycles. The Labute approximate surface area is 155 Å². The van der Waals surface area contributed by atoms with E-state index in [9.17, 15) is 18.0 Å². The van der Waals surface area contributed by atoms with Gasteiger partial charge in [0.2, 0.25) is 0 Å². The lowest BCUT2D eigenvalue weighted by Crippen LogP contribution is -2.23. The molecule has 1 saturated heterocycles. The third-order valence-electron chi connectivity index (χ3n) is 4.26. The van der Waals surface area contributed by atoms with Crippen LogP contribution in [0.1, 0.15) is 34.3 Å². The molecule has 0 saturated carbocycles. The second-order valence-electron chi connectivity index (χ2n) is 6.35. The minimum Gasteiger partial charge on any atom is -0.491 e. The van der Waals surface area contributed by atoms with Crippen LogP contribution in [-0.4, -0.2) is 25.2 Å². The molecule has 0 spiro atoms. The Morgan fingerprint density at radius 1 is 1.19 bits per heavy atom. The SMILES string of the molecule is O=C(NCc1cccc(C(F)(F)F)c1)c1cccc(OCC2CCCO2)c1. The van der Waals surface area contributed by atoms with Crippen LogP contribution in [0.5, 0.6) is 5.75 Å². The molecule has 1 heterocycles. The molecular formula is C20H20F3NO3. The van der Waals surface area contributed by atoms with Gasteiger partial charge < -0.3 is 14.8 Å². The van der Waals surface area contributed by atoms with Crippen molar-refractivity contribution in [3.05, 3.63) is 65.2 Å². The Morgan fingerprint density at radius 2 is 2.00 bits per heavy atom. The zero-order valence-electron chi connectivity index (χ0n) is 14.6. The second kappa shape index (κ2) is 8.43. The number of hydrogen-bond acceptors (Lipinski definition) is 3. The number of nitrogens with one attached hydrogen (secondary N) is 1. The van der Waals surface area contributed by atoms with Crippen molar-refractivity contribution in [1.82, 2.24) is 5.32 Å². The van der Waals surface area contributed by atoms with E-state index in [1.54, 1.807) is 24.3 Å². The van der Waals surface area contributed by atoms with Gasteiger partial charge in [0.1, 0.15) is 12.4 Å². The molecule has 144 valence electrons. The first-order valence-electron chi connectivity index (χ1n) is 8.70. The molecule has 0 bridgehead atoms. The minimum absolute atomic E-state index is 0.00372. The predicted molar refractivity (Wildman–Crippen MR) is 93.5 cm³/mol. The summed E-state index contributed by atoms with van der Waals surface area (Å²) in [6.07, 6.45) is -2.36. The van der Waals surface area contributed by atoms with Gasteiger partial charge in [-0.15, -0.1) is 0 Å². The molecule has 4 nitrogen and oxygen atoms in total. The average Bonchev–Trinajstić information content (AvgIpc) is 3.18. The normalized spacial score (nSPS) is 16.9. The van der Waals surface area contributed by atoms with Crippen LogP contribution in [0.25, 0.3) is 0 Å². The molecular weight excluding hydrogens is 359 g/mol. The van der Waals surface area contributed by atoms with E-state index in [0.29, 0.717) is 23.5 Å². The minimum atomic E-state index is -4.41. The monoisotopic (exact) mass is 379 g/mol. The predicted octanol–water partition coefficient (Wildman–Crippen LogP) is 4.19. The number of ether oxygens (including phenoxy) is 2. The molecule has 1 aliphatic rings. The van der Waals surface area contributed by atoms with Gasteiger partial charge in [-0.1, -0.05) is 18.2 Å².